The van der Waals surface area contributed by atoms with Gasteiger partial charge in [-0.1, -0.05) is 180 Å². The molecule has 9 aromatic carbocycles. The molecule has 3 aliphatic heterocycles. The molecule has 18 N–H and O–H groups in total. The van der Waals surface area contributed by atoms with E-state index in [2.05, 4.69) is 71.1 Å². The van der Waals surface area contributed by atoms with Gasteiger partial charge in [0.2, 0.25) is 17.7 Å². The van der Waals surface area contributed by atoms with Crippen molar-refractivity contribution in [2.24, 2.45) is 49.4 Å². The first-order chi connectivity index (χ1) is 58.1. The van der Waals surface area contributed by atoms with E-state index in [-0.39, 0.29) is 77.4 Å². The van der Waals surface area contributed by atoms with Crippen molar-refractivity contribution in [3.63, 3.8) is 0 Å². The first-order valence-corrected chi connectivity index (χ1v) is 43.0. The number of hydrogen-bond donors (Lipinski definition) is 12. The van der Waals surface area contributed by atoms with Crippen LogP contribution in [0.3, 0.4) is 0 Å². The fourth-order valence-electron chi connectivity index (χ4n) is 15.1. The maximum atomic E-state index is 14.0. The number of thiophene rings is 1. The van der Waals surface area contributed by atoms with E-state index in [1.807, 2.05) is 184 Å². The van der Waals surface area contributed by atoms with Gasteiger partial charge in [-0.2, -0.15) is 0 Å². The van der Waals surface area contributed by atoms with Crippen LogP contribution in [0.25, 0.3) is 31.6 Å². The number of amides is 6. The molecule has 0 spiro atoms. The molecule has 0 aliphatic carbocycles. The Morgan fingerprint density at radius 3 is 1.29 bits per heavy atom. The number of guanidine groups is 3. The summed E-state index contributed by atoms with van der Waals surface area (Å²) in [6, 6.07) is 65.2. The SMILES string of the molecule is NC(N)=NCCC[C@@H]1N[C@H](CNC(=O)c2ccc3ccccc3c2)CCN(CCc2ccc(Cl)c(Cl)c2)C1=O.NC(N)=NCCC[C@@H]1N[C@H](CNC(=O)c2ccc3ccccc3c2)CCN(CCc2ccc(Cl)cc2Cl)C1=O.NC(N)=NCCC[C@@H]1N[C@H](CNC(=O)c2ccc3sccc3c2)CCN(CC(c2ccccc2)c2ccccc2)C1=O. The lowest BCUT2D eigenvalue weighted by Crippen LogP contribution is -2.49. The lowest BCUT2D eigenvalue weighted by molar-refractivity contribution is -0.133. The topological polar surface area (TPSA) is 378 Å². The first kappa shape index (κ1) is 89.9. The number of nitrogens with zero attached hydrogens (tertiary/aromatic N) is 6. The molecule has 0 saturated carbocycles. The van der Waals surface area contributed by atoms with Crippen LogP contribution in [-0.2, 0) is 27.2 Å². The summed E-state index contributed by atoms with van der Waals surface area (Å²) in [7, 11) is 0. The lowest BCUT2D eigenvalue weighted by Gasteiger charge is -2.29. The van der Waals surface area contributed by atoms with Crippen molar-refractivity contribution in [3.8, 4) is 0 Å². The van der Waals surface area contributed by atoms with Crippen LogP contribution >= 0.6 is 57.7 Å². The third-order valence-electron chi connectivity index (χ3n) is 21.6. The van der Waals surface area contributed by atoms with Crippen molar-refractivity contribution in [1.29, 1.82) is 0 Å². The van der Waals surface area contributed by atoms with Crippen molar-refractivity contribution in [2.45, 2.75) is 113 Å². The van der Waals surface area contributed by atoms with Crippen molar-refractivity contribution in [2.75, 3.05) is 78.5 Å². The minimum absolute atomic E-state index is 0.0214. The van der Waals surface area contributed by atoms with Gasteiger partial charge in [-0.3, -0.25) is 43.7 Å². The minimum Gasteiger partial charge on any atom is -0.370 e. The predicted molar refractivity (Wildman–Crippen MR) is 487 cm³/mol. The lowest BCUT2D eigenvalue weighted by atomic mass is 9.90. The van der Waals surface area contributed by atoms with Crippen LogP contribution in [0.1, 0.15) is 117 Å². The molecular weight excluding hydrogens is 1610 g/mol. The van der Waals surface area contributed by atoms with Crippen LogP contribution in [0.5, 0.6) is 0 Å². The van der Waals surface area contributed by atoms with Gasteiger partial charge >= 0.3 is 0 Å². The number of carbonyl (C=O) groups excluding carboxylic acids is 6. The van der Waals surface area contributed by atoms with Gasteiger partial charge in [0.1, 0.15) is 0 Å². The molecule has 120 heavy (non-hydrogen) atoms. The maximum Gasteiger partial charge on any atom is 0.251 e. The quantitative estimate of drug-likeness (QED) is 0.0109. The first-order valence-electron chi connectivity index (χ1n) is 40.7. The molecule has 13 rings (SSSR count). The zero-order valence-corrected chi connectivity index (χ0v) is 70.9. The zero-order valence-electron chi connectivity index (χ0n) is 67.0. The molecule has 3 aliphatic rings. The summed E-state index contributed by atoms with van der Waals surface area (Å²) in [5.41, 5.74) is 39.0. The van der Waals surface area contributed by atoms with Crippen LogP contribution < -0.4 is 66.3 Å². The molecule has 6 amide bonds. The molecule has 0 radical (unpaired) electrons. The Hall–Kier alpha value is -10.9. The zero-order chi connectivity index (χ0) is 84.9. The van der Waals surface area contributed by atoms with E-state index in [1.165, 1.54) is 11.1 Å². The molecule has 3 fully saturated rings. The van der Waals surface area contributed by atoms with Gasteiger partial charge in [-0.25, -0.2) is 0 Å². The standard InChI is InChI=1S/C33H38N6O2S.2C29H34Cl2N6O2/c34-33(35)36-17-7-12-29-32(41)39(22-28(23-8-3-1-4-9-23)24-10-5-2-6-11-24)18-15-27(38-29)21-37-31(40)26-13-14-30-25(20-26)16-19-42-30;30-24-10-7-19(16-25(24)31)11-14-37-15-12-23(36-26(28(37)39)6-3-13-34-29(32)33)18-35-27(38)22-9-8-20-4-1-2-5-21(20)17-22;30-23-10-9-20(25(31)17-23)11-14-37-15-12-24(36-26(28(37)39)6-3-13-34-29(32)33)18-35-27(38)22-8-7-19-4-1-2-5-21(19)16-22/h1-6,8-11,13-14,16,19-20,27-29,38H,7,12,15,17-18,21-22H2,(H,37,40)(H4,34,35,36);1-2,4-5,7-10,16-17,23,26,36H,3,6,11-15,18H2,(H,35,38)(H4,32,33,34);1-2,4-5,7-10,16-17,24,26,36H,3,6,11-15,18H2,(H,35,38)(H4,32,33,34)/t27-,29-;23-,26-;24-,26-/m000/s1. The second-order valence-corrected chi connectivity index (χ2v) is 32.8. The fourth-order valence-corrected chi connectivity index (χ4v) is 16.7. The molecule has 3 saturated heterocycles. The molecule has 1 aromatic heterocycles. The van der Waals surface area contributed by atoms with Gasteiger partial charge in [0, 0.05) is 134 Å². The molecule has 630 valence electrons. The Morgan fingerprint density at radius 1 is 0.425 bits per heavy atom. The highest BCUT2D eigenvalue weighted by Crippen LogP contribution is 2.30. The summed E-state index contributed by atoms with van der Waals surface area (Å²) in [5, 5.41) is 29.2. The average Bonchev–Trinajstić information content (AvgIpc) is 1.11. The number of aliphatic imine (C=N–C) groups is 3. The van der Waals surface area contributed by atoms with E-state index >= 15 is 0 Å². The highest BCUT2D eigenvalue weighted by atomic mass is 35.5. The summed E-state index contributed by atoms with van der Waals surface area (Å²) < 4.78 is 1.16. The monoisotopic (exact) mass is 1720 g/mol. The Labute approximate surface area is 724 Å². The van der Waals surface area contributed by atoms with Crippen molar-refractivity contribution < 1.29 is 28.8 Å². The van der Waals surface area contributed by atoms with E-state index in [1.54, 1.807) is 29.5 Å². The Morgan fingerprint density at radius 2 is 0.842 bits per heavy atom. The number of halogens is 4. The van der Waals surface area contributed by atoms with Crippen LogP contribution in [-0.4, -0.2) is 183 Å². The minimum atomic E-state index is -0.412. The largest absolute Gasteiger partial charge is 0.370 e. The molecule has 24 nitrogen and oxygen atoms in total. The van der Waals surface area contributed by atoms with Gasteiger partial charge in [0.05, 0.1) is 28.2 Å². The van der Waals surface area contributed by atoms with E-state index < -0.39 is 18.1 Å². The number of nitrogens with one attached hydrogen (secondary N) is 6. The third-order valence-corrected chi connectivity index (χ3v) is 23.8. The van der Waals surface area contributed by atoms with Gasteiger partial charge in [0.15, 0.2) is 17.9 Å². The van der Waals surface area contributed by atoms with E-state index in [4.69, 9.17) is 80.8 Å². The van der Waals surface area contributed by atoms with Gasteiger partial charge < -0.3 is 81.0 Å². The molecule has 10 aromatic rings. The molecule has 0 unspecified atom stereocenters. The summed E-state index contributed by atoms with van der Waals surface area (Å²) in [4.78, 5) is 97.8. The third kappa shape index (κ3) is 27.1. The van der Waals surface area contributed by atoms with Crippen LogP contribution in [0.2, 0.25) is 20.1 Å². The van der Waals surface area contributed by atoms with Gasteiger partial charge in [-0.15, -0.1) is 11.3 Å². The predicted octanol–water partition coefficient (Wildman–Crippen LogP) is 11.5. The average molecular weight is 1720 g/mol. The van der Waals surface area contributed by atoms with Crippen molar-refractivity contribution in [3.05, 3.63) is 271 Å². The maximum absolute atomic E-state index is 14.0. The highest BCUT2D eigenvalue weighted by Gasteiger charge is 2.35. The van der Waals surface area contributed by atoms with Gasteiger partial charge in [0.25, 0.3) is 17.7 Å². The number of rotatable bonds is 31. The van der Waals surface area contributed by atoms with E-state index in [0.717, 1.165) is 49.2 Å². The summed E-state index contributed by atoms with van der Waals surface area (Å²) >= 11 is 26.3. The van der Waals surface area contributed by atoms with Crippen LogP contribution in [0.15, 0.2) is 227 Å². The smallest absolute Gasteiger partial charge is 0.251 e. The normalized spacial score (nSPS) is 17.5. The Bertz CT molecular complexity index is 5170. The Balaban J connectivity index is 0.000000176. The second kappa shape index (κ2) is 45.5. The summed E-state index contributed by atoms with van der Waals surface area (Å²) in [6.07, 6.45) is 7.10. The Kier molecular flexibility index (Phi) is 34.1. The van der Waals surface area contributed by atoms with Crippen molar-refractivity contribution in [1.82, 2.24) is 46.6 Å². The molecular formula is C91H106Cl4N18O6S. The molecule has 4 heterocycles. The number of fused-ring (bicyclic) bond motifs is 3. The molecule has 29 heteroatoms. The number of hydrogen-bond acceptors (Lipinski definition) is 13. The number of carbonyl (C=O) groups is 6. The van der Waals surface area contributed by atoms with Crippen LogP contribution in [0, 0.1) is 0 Å². The summed E-state index contributed by atoms with van der Waals surface area (Å²) in [6.45, 7) is 5.96. The van der Waals surface area contributed by atoms with Crippen LogP contribution in [0.4, 0.5) is 0 Å². The highest BCUT2D eigenvalue weighted by molar-refractivity contribution is 7.17. The number of nitrogens with two attached hydrogens (primary N) is 6. The fraction of sp³-hybridized carbons (Fsp3) is 0.330. The molecule has 6 atom stereocenters. The van der Waals surface area contributed by atoms with Crippen molar-refractivity contribution >= 4 is 143 Å². The second-order valence-electron chi connectivity index (χ2n) is 30.2. The number of benzene rings is 9. The summed E-state index contributed by atoms with van der Waals surface area (Å²) in [5.74, 6) is -0.123. The van der Waals surface area contributed by atoms with E-state index in [9.17, 15) is 28.8 Å². The van der Waals surface area contributed by atoms with Gasteiger partial charge in [-0.05, 0) is 198 Å². The van der Waals surface area contributed by atoms with E-state index in [0.29, 0.717) is 180 Å². The molecule has 0 bridgehead atoms.